The summed E-state index contributed by atoms with van der Waals surface area (Å²) in [6.07, 6.45) is -4.07. The molecule has 2 aromatic heterocycles. The largest absolute Gasteiger partial charge is 0.490 e. The minimum atomic E-state index is -5.71. The molecule has 3 heterocycles. The number of nitrogens with one attached hydrogen (secondary N) is 1. The molecule has 19 nitrogen and oxygen atoms in total. The maximum absolute atomic E-state index is 11.9. The minimum absolute atomic E-state index is 0.0521. The molecular formula is C11H18N5O14P3. The molecule has 6 atom stereocenters. The van der Waals surface area contributed by atoms with Gasteiger partial charge in [0.05, 0.1) is 12.9 Å². The van der Waals surface area contributed by atoms with Crippen LogP contribution in [-0.2, 0) is 36.3 Å². The van der Waals surface area contributed by atoms with Gasteiger partial charge in [-0.05, 0) is 0 Å². The number of imidazole rings is 1. The highest BCUT2D eigenvalue weighted by Crippen LogP contribution is 2.66. The smallest absolute Gasteiger partial charge is 0.386 e. The Kier molecular flexibility index (Phi) is 7.29. The van der Waals surface area contributed by atoms with E-state index in [-0.39, 0.29) is 17.0 Å². The quantitative estimate of drug-likeness (QED) is 0.176. The maximum atomic E-state index is 11.9. The zero-order chi connectivity index (χ0) is 24.8. The first-order valence-electron chi connectivity index (χ1n) is 8.49. The predicted molar refractivity (Wildman–Crippen MR) is 103 cm³/mol. The number of nitrogens with zero attached hydrogens (tertiary/aromatic N) is 3. The second-order valence-electron chi connectivity index (χ2n) is 6.42. The third-order valence-corrected chi connectivity index (χ3v) is 7.95. The highest BCUT2D eigenvalue weighted by molar-refractivity contribution is 7.66. The molecule has 1 saturated heterocycles. The van der Waals surface area contributed by atoms with Crippen LogP contribution in [0, 0.1) is 0 Å². The van der Waals surface area contributed by atoms with Gasteiger partial charge in [-0.15, -0.1) is 0 Å². The van der Waals surface area contributed by atoms with E-state index in [2.05, 4.69) is 28.1 Å². The molecule has 0 aliphatic carbocycles. The average Bonchev–Trinajstić information content (AvgIpc) is 3.17. The average molecular weight is 537 g/mol. The Morgan fingerprint density at radius 2 is 1.88 bits per heavy atom. The number of fused-ring (bicyclic) bond motifs is 1. The van der Waals surface area contributed by atoms with E-state index >= 15 is 0 Å². The number of aromatic amines is 1. The molecule has 22 heteroatoms. The van der Waals surface area contributed by atoms with Crippen molar-refractivity contribution in [3.05, 3.63) is 16.8 Å². The molecule has 0 spiro atoms. The van der Waals surface area contributed by atoms with Crippen molar-refractivity contribution in [2.24, 2.45) is 0 Å². The number of aliphatic hydroxyl groups is 1. The molecular weight excluding hydrogens is 519 g/mol. The SMILES string of the molecule is CO[C@H]1[C@@H](O)[C@H](n2cnc3c(N)[nH]c(=O)nc32)O[C@@H]1COP(=O)(O)OP(=O)(O)OP(=O)(O)O. The highest BCUT2D eigenvalue weighted by atomic mass is 31.3. The Balaban J connectivity index is 1.76. The van der Waals surface area contributed by atoms with Gasteiger partial charge in [-0.3, -0.25) is 14.1 Å². The van der Waals surface area contributed by atoms with Crippen molar-refractivity contribution in [2.45, 2.75) is 24.5 Å². The molecule has 1 fully saturated rings. The molecule has 2 unspecified atom stereocenters. The molecule has 0 saturated carbocycles. The normalized spacial score (nSPS) is 27.5. The maximum Gasteiger partial charge on any atom is 0.490 e. The fourth-order valence-corrected chi connectivity index (χ4v) is 6.02. The molecule has 0 aromatic carbocycles. The molecule has 186 valence electrons. The number of phosphoric ester groups is 1. The van der Waals surface area contributed by atoms with Gasteiger partial charge in [0.1, 0.15) is 29.6 Å². The Hall–Kier alpha value is -1.56. The molecule has 8 N–H and O–H groups in total. The van der Waals surface area contributed by atoms with E-state index in [4.69, 9.17) is 25.0 Å². The van der Waals surface area contributed by atoms with Crippen LogP contribution in [0.5, 0.6) is 0 Å². The lowest BCUT2D eigenvalue weighted by molar-refractivity contribution is -0.0526. The molecule has 1 aliphatic heterocycles. The fraction of sp³-hybridized carbons (Fsp3) is 0.545. The Morgan fingerprint density at radius 3 is 2.48 bits per heavy atom. The first-order chi connectivity index (χ1) is 15.1. The summed E-state index contributed by atoms with van der Waals surface area (Å²) in [7, 11) is -15.5. The van der Waals surface area contributed by atoms with Gasteiger partial charge in [0.25, 0.3) is 0 Å². The van der Waals surface area contributed by atoms with Gasteiger partial charge in [-0.1, -0.05) is 0 Å². The number of methoxy groups -OCH3 is 1. The van der Waals surface area contributed by atoms with Gasteiger partial charge < -0.3 is 39.9 Å². The Bertz CT molecular complexity index is 1230. The number of hydrogen-bond donors (Lipinski definition) is 7. The van der Waals surface area contributed by atoms with E-state index in [0.717, 1.165) is 10.9 Å². The number of nitrogen functional groups attached to an aromatic ring is 1. The summed E-state index contributed by atoms with van der Waals surface area (Å²) in [4.78, 5) is 57.4. The third-order valence-electron chi connectivity index (χ3n) is 4.15. The molecule has 33 heavy (non-hydrogen) atoms. The van der Waals surface area contributed by atoms with E-state index < -0.39 is 60.3 Å². The summed E-state index contributed by atoms with van der Waals surface area (Å²) >= 11 is 0. The van der Waals surface area contributed by atoms with Crippen molar-refractivity contribution in [3.8, 4) is 0 Å². The van der Waals surface area contributed by atoms with Gasteiger partial charge in [-0.2, -0.15) is 13.6 Å². The van der Waals surface area contributed by atoms with Gasteiger partial charge in [0.2, 0.25) is 0 Å². The van der Waals surface area contributed by atoms with Crippen LogP contribution in [0.15, 0.2) is 11.1 Å². The van der Waals surface area contributed by atoms with E-state index in [1.807, 2.05) is 0 Å². The standard InChI is InChI=1S/C11H18N5O14P3/c1-26-7-4(2-27-32(22,23)30-33(24,25)29-31(19,20)21)28-10(6(7)17)16-3-13-5-8(12)14-11(18)15-9(5)16/h3-4,6-7,10,17H,2H2,1H3,(H,22,23)(H,24,25)(H2,19,20,21)(H3,12,14,15,18)/t4-,6-,7-,10-/m1/s1. The summed E-state index contributed by atoms with van der Waals surface area (Å²) in [6, 6.07) is 0. The van der Waals surface area contributed by atoms with E-state index in [1.54, 1.807) is 0 Å². The first-order valence-corrected chi connectivity index (χ1v) is 13.0. The number of H-pyrrole nitrogens is 1. The molecule has 2 aromatic rings. The lowest BCUT2D eigenvalue weighted by atomic mass is 10.1. The van der Waals surface area contributed by atoms with E-state index in [1.165, 1.54) is 7.11 Å². The topological polar surface area (TPSA) is 288 Å². The van der Waals surface area contributed by atoms with Crippen molar-refractivity contribution < 1.29 is 61.0 Å². The van der Waals surface area contributed by atoms with Crippen LogP contribution >= 0.6 is 23.5 Å². The second kappa shape index (κ2) is 9.24. The zero-order valence-corrected chi connectivity index (χ0v) is 18.9. The van der Waals surface area contributed by atoms with Crippen LogP contribution in [0.4, 0.5) is 5.82 Å². The van der Waals surface area contributed by atoms with E-state index in [9.17, 15) is 33.4 Å². The zero-order valence-electron chi connectivity index (χ0n) is 16.3. The van der Waals surface area contributed by atoms with E-state index in [0.29, 0.717) is 0 Å². The Morgan fingerprint density at radius 1 is 1.21 bits per heavy atom. The second-order valence-corrected chi connectivity index (χ2v) is 10.8. The van der Waals surface area contributed by atoms with Crippen LogP contribution in [0.25, 0.3) is 11.2 Å². The van der Waals surface area contributed by atoms with Crippen LogP contribution in [-0.4, -0.2) is 76.2 Å². The van der Waals surface area contributed by atoms with Gasteiger partial charge in [-0.25, -0.2) is 23.5 Å². The minimum Gasteiger partial charge on any atom is -0.386 e. The monoisotopic (exact) mass is 537 g/mol. The van der Waals surface area contributed by atoms with Gasteiger partial charge >= 0.3 is 29.2 Å². The third kappa shape index (κ3) is 6.12. The van der Waals surface area contributed by atoms with Crippen molar-refractivity contribution in [1.82, 2.24) is 19.5 Å². The van der Waals surface area contributed by atoms with Crippen LogP contribution < -0.4 is 11.4 Å². The van der Waals surface area contributed by atoms with Crippen LogP contribution in [0.3, 0.4) is 0 Å². The van der Waals surface area contributed by atoms with Crippen LogP contribution in [0.2, 0.25) is 0 Å². The molecule has 0 bridgehead atoms. The van der Waals surface area contributed by atoms with Crippen molar-refractivity contribution >= 4 is 40.4 Å². The number of phosphoric acid groups is 3. The number of aromatic nitrogens is 4. The fourth-order valence-electron chi connectivity index (χ4n) is 2.99. The Labute approximate surface area is 182 Å². The van der Waals surface area contributed by atoms with Crippen LogP contribution in [0.1, 0.15) is 6.23 Å². The number of ether oxygens (including phenoxy) is 2. The number of nitrogens with two attached hydrogens (primary N) is 1. The summed E-state index contributed by atoms with van der Waals surface area (Å²) in [6.45, 7) is -0.876. The molecule has 1 aliphatic rings. The van der Waals surface area contributed by atoms with Crippen molar-refractivity contribution in [2.75, 3.05) is 19.5 Å². The first kappa shape index (κ1) is 26.1. The number of hydrogen-bond acceptors (Lipinski definition) is 13. The predicted octanol–water partition coefficient (Wildman–Crippen LogP) is -1.68. The summed E-state index contributed by atoms with van der Waals surface area (Å²) in [5.74, 6) is -0.0938. The number of rotatable bonds is 9. The van der Waals surface area contributed by atoms with Crippen molar-refractivity contribution in [1.29, 1.82) is 0 Å². The highest BCUT2D eigenvalue weighted by Gasteiger charge is 2.48. The molecule has 3 rings (SSSR count). The van der Waals surface area contributed by atoms with Gasteiger partial charge in [0.15, 0.2) is 11.9 Å². The summed E-state index contributed by atoms with van der Waals surface area (Å²) < 4.78 is 57.6. The molecule has 0 amide bonds. The lowest BCUT2D eigenvalue weighted by Gasteiger charge is -2.20. The lowest BCUT2D eigenvalue weighted by Crippen LogP contribution is -2.35. The summed E-state index contributed by atoms with van der Waals surface area (Å²) in [5, 5.41) is 10.6. The van der Waals surface area contributed by atoms with Gasteiger partial charge in [0, 0.05) is 7.11 Å². The molecule has 0 radical (unpaired) electrons. The van der Waals surface area contributed by atoms with Crippen molar-refractivity contribution in [3.63, 3.8) is 0 Å². The summed E-state index contributed by atoms with van der Waals surface area (Å²) in [5.41, 5.74) is 4.91. The number of anilines is 1. The number of aliphatic hydroxyl groups excluding tert-OH is 1.